The summed E-state index contributed by atoms with van der Waals surface area (Å²) in [6.45, 7) is 7.69. The van der Waals surface area contributed by atoms with E-state index in [1.165, 1.54) is 6.07 Å². The summed E-state index contributed by atoms with van der Waals surface area (Å²) < 4.78 is 15.7. The number of nitrogens with zero attached hydrogens (tertiary/aromatic N) is 2. The fraction of sp³-hybridized carbons (Fsp3) is 0.357. The average molecular weight is 247 g/mol. The van der Waals surface area contributed by atoms with Crippen molar-refractivity contribution in [2.24, 2.45) is 5.73 Å². The van der Waals surface area contributed by atoms with Crippen LogP contribution in [0.5, 0.6) is 0 Å². The zero-order valence-corrected chi connectivity index (χ0v) is 11.2. The van der Waals surface area contributed by atoms with E-state index >= 15 is 0 Å². The molecule has 0 unspecified atom stereocenters. The first-order valence-corrected chi connectivity index (χ1v) is 6.00. The van der Waals surface area contributed by atoms with Crippen LogP contribution in [-0.2, 0) is 0 Å². The molecule has 0 spiro atoms. The number of benzene rings is 1. The zero-order valence-electron chi connectivity index (χ0n) is 11.2. The van der Waals surface area contributed by atoms with Crippen LogP contribution in [0.2, 0.25) is 0 Å². The minimum absolute atomic E-state index is 0.171. The minimum atomic E-state index is -0.296. The Bertz CT molecular complexity index is 585. The highest BCUT2D eigenvalue weighted by Crippen LogP contribution is 2.21. The van der Waals surface area contributed by atoms with Gasteiger partial charge in [-0.3, -0.25) is 0 Å². The number of aryl methyl sites for hydroxylation is 1. The number of halogens is 1. The lowest BCUT2D eigenvalue weighted by atomic mass is 10.1. The normalized spacial score (nSPS) is 12.8. The summed E-state index contributed by atoms with van der Waals surface area (Å²) in [5, 5.41) is 4.36. The Morgan fingerprint density at radius 1 is 1.28 bits per heavy atom. The first kappa shape index (κ1) is 12.8. The molecular weight excluding hydrogens is 229 g/mol. The summed E-state index contributed by atoms with van der Waals surface area (Å²) in [6.07, 6.45) is 0. The number of aromatic nitrogens is 2. The van der Waals surface area contributed by atoms with Gasteiger partial charge < -0.3 is 5.73 Å². The van der Waals surface area contributed by atoms with Gasteiger partial charge in [0.25, 0.3) is 0 Å². The molecule has 18 heavy (non-hydrogen) atoms. The molecule has 0 radical (unpaired) electrons. The molecule has 2 rings (SSSR count). The lowest BCUT2D eigenvalue weighted by Gasteiger charge is -2.10. The molecule has 0 bridgehead atoms. The number of rotatable bonds is 2. The largest absolute Gasteiger partial charge is 0.324 e. The van der Waals surface area contributed by atoms with E-state index in [1.54, 1.807) is 10.7 Å². The number of hydrogen-bond donors (Lipinski definition) is 1. The minimum Gasteiger partial charge on any atom is -0.324 e. The molecule has 96 valence electrons. The topological polar surface area (TPSA) is 43.8 Å². The van der Waals surface area contributed by atoms with Gasteiger partial charge >= 0.3 is 0 Å². The van der Waals surface area contributed by atoms with Crippen LogP contribution in [0.25, 0.3) is 5.69 Å². The summed E-state index contributed by atoms with van der Waals surface area (Å²) in [6, 6.07) is 4.88. The van der Waals surface area contributed by atoms with Gasteiger partial charge in [0.2, 0.25) is 0 Å². The molecule has 0 fully saturated rings. The highest BCUT2D eigenvalue weighted by Gasteiger charge is 2.13. The van der Waals surface area contributed by atoms with Crippen LogP contribution in [0.4, 0.5) is 4.39 Å². The van der Waals surface area contributed by atoms with Crippen molar-refractivity contribution in [3.05, 3.63) is 46.5 Å². The Kier molecular flexibility index (Phi) is 3.22. The van der Waals surface area contributed by atoms with Crippen LogP contribution in [0.15, 0.2) is 18.2 Å². The first-order chi connectivity index (χ1) is 8.41. The molecule has 1 atom stereocenters. The second-order valence-electron chi connectivity index (χ2n) is 4.71. The molecule has 0 saturated heterocycles. The van der Waals surface area contributed by atoms with Crippen LogP contribution in [0.1, 0.15) is 35.5 Å². The maximum atomic E-state index is 14.1. The van der Waals surface area contributed by atoms with Gasteiger partial charge in [0.05, 0.1) is 5.69 Å². The van der Waals surface area contributed by atoms with Crippen molar-refractivity contribution in [3.63, 3.8) is 0 Å². The standard InChI is InChI=1S/C14H18FN3/c1-8-10(3)17-18(11(8)4)14-6-5-12(9(2)16)7-13(14)15/h5-7,9H,16H2,1-4H3/t9-/m1/s1. The molecular formula is C14H18FN3. The molecule has 1 aromatic heterocycles. The molecule has 0 aliphatic carbocycles. The highest BCUT2D eigenvalue weighted by atomic mass is 19.1. The molecule has 0 saturated carbocycles. The van der Waals surface area contributed by atoms with Gasteiger partial charge in [-0.1, -0.05) is 6.07 Å². The van der Waals surface area contributed by atoms with E-state index in [-0.39, 0.29) is 11.9 Å². The first-order valence-electron chi connectivity index (χ1n) is 6.00. The second kappa shape index (κ2) is 4.53. The van der Waals surface area contributed by atoms with Crippen molar-refractivity contribution < 1.29 is 4.39 Å². The fourth-order valence-electron chi connectivity index (χ4n) is 1.93. The van der Waals surface area contributed by atoms with Crippen molar-refractivity contribution in [3.8, 4) is 5.69 Å². The van der Waals surface area contributed by atoms with Crippen molar-refractivity contribution in [2.75, 3.05) is 0 Å². The van der Waals surface area contributed by atoms with Crippen molar-refractivity contribution in [2.45, 2.75) is 33.7 Å². The van der Waals surface area contributed by atoms with E-state index < -0.39 is 0 Å². The predicted octanol–water partition coefficient (Wildman–Crippen LogP) is 2.96. The summed E-state index contributed by atoms with van der Waals surface area (Å²) in [4.78, 5) is 0. The SMILES string of the molecule is Cc1nn(-c2ccc([C@@H](C)N)cc2F)c(C)c1C. The van der Waals surface area contributed by atoms with Crippen LogP contribution in [-0.4, -0.2) is 9.78 Å². The smallest absolute Gasteiger partial charge is 0.149 e. The monoisotopic (exact) mass is 247 g/mol. The fourth-order valence-corrected chi connectivity index (χ4v) is 1.93. The molecule has 1 heterocycles. The average Bonchev–Trinajstić information content (AvgIpc) is 2.57. The van der Waals surface area contributed by atoms with Crippen LogP contribution < -0.4 is 5.73 Å². The van der Waals surface area contributed by atoms with Gasteiger partial charge in [-0.25, -0.2) is 9.07 Å². The molecule has 2 aromatic rings. The van der Waals surface area contributed by atoms with E-state index in [2.05, 4.69) is 5.10 Å². The lowest BCUT2D eigenvalue weighted by molar-refractivity contribution is 0.603. The molecule has 0 amide bonds. The van der Waals surface area contributed by atoms with Crippen LogP contribution >= 0.6 is 0 Å². The Balaban J connectivity index is 2.54. The van der Waals surface area contributed by atoms with E-state index in [4.69, 9.17) is 5.73 Å². The summed E-state index contributed by atoms with van der Waals surface area (Å²) in [7, 11) is 0. The maximum absolute atomic E-state index is 14.1. The maximum Gasteiger partial charge on any atom is 0.149 e. The number of nitrogens with two attached hydrogens (primary N) is 1. The van der Waals surface area contributed by atoms with Crippen molar-refractivity contribution >= 4 is 0 Å². The number of hydrogen-bond acceptors (Lipinski definition) is 2. The van der Waals surface area contributed by atoms with E-state index in [0.717, 1.165) is 22.5 Å². The van der Waals surface area contributed by atoms with Gasteiger partial charge in [0.15, 0.2) is 0 Å². The molecule has 0 aliphatic rings. The highest BCUT2D eigenvalue weighted by molar-refractivity contribution is 5.40. The molecule has 4 heteroatoms. The van der Waals surface area contributed by atoms with Crippen LogP contribution in [0.3, 0.4) is 0 Å². The Hall–Kier alpha value is -1.68. The summed E-state index contributed by atoms with van der Waals surface area (Å²) >= 11 is 0. The molecule has 2 N–H and O–H groups in total. The Labute approximate surface area is 106 Å². The molecule has 1 aromatic carbocycles. The second-order valence-corrected chi connectivity index (χ2v) is 4.71. The molecule has 3 nitrogen and oxygen atoms in total. The van der Waals surface area contributed by atoms with E-state index in [0.29, 0.717) is 5.69 Å². The van der Waals surface area contributed by atoms with Gasteiger partial charge in [-0.05, 0) is 51.0 Å². The Morgan fingerprint density at radius 2 is 1.94 bits per heavy atom. The Morgan fingerprint density at radius 3 is 2.39 bits per heavy atom. The molecule has 0 aliphatic heterocycles. The van der Waals surface area contributed by atoms with Crippen LogP contribution in [0, 0.1) is 26.6 Å². The van der Waals surface area contributed by atoms with E-state index in [1.807, 2.05) is 33.8 Å². The van der Waals surface area contributed by atoms with E-state index in [9.17, 15) is 4.39 Å². The van der Waals surface area contributed by atoms with Gasteiger partial charge in [-0.15, -0.1) is 0 Å². The summed E-state index contributed by atoms with van der Waals surface area (Å²) in [5.74, 6) is -0.296. The zero-order chi connectivity index (χ0) is 13.4. The third kappa shape index (κ3) is 2.04. The van der Waals surface area contributed by atoms with Gasteiger partial charge in [-0.2, -0.15) is 5.10 Å². The van der Waals surface area contributed by atoms with Crippen molar-refractivity contribution in [1.29, 1.82) is 0 Å². The van der Waals surface area contributed by atoms with Crippen molar-refractivity contribution in [1.82, 2.24) is 9.78 Å². The predicted molar refractivity (Wildman–Crippen MR) is 70.3 cm³/mol. The lowest BCUT2D eigenvalue weighted by Crippen LogP contribution is -2.08. The third-order valence-corrected chi connectivity index (χ3v) is 3.38. The van der Waals surface area contributed by atoms with Gasteiger partial charge in [0.1, 0.15) is 11.5 Å². The van der Waals surface area contributed by atoms with Gasteiger partial charge in [0, 0.05) is 11.7 Å². The summed E-state index contributed by atoms with van der Waals surface area (Å²) in [5.41, 5.74) is 9.96. The quantitative estimate of drug-likeness (QED) is 0.886. The third-order valence-electron chi connectivity index (χ3n) is 3.38.